The van der Waals surface area contributed by atoms with Crippen molar-refractivity contribution in [3.63, 3.8) is 0 Å². The smallest absolute Gasteiger partial charge is 0.495 e. The second-order valence-corrected chi connectivity index (χ2v) is 6.76. The Bertz CT molecular complexity index is 1060. The van der Waals surface area contributed by atoms with Gasteiger partial charge in [0.05, 0.1) is 18.6 Å². The summed E-state index contributed by atoms with van der Waals surface area (Å²) in [6, 6.07) is 11.4. The highest BCUT2D eigenvalue weighted by Crippen LogP contribution is 2.42. The summed E-state index contributed by atoms with van der Waals surface area (Å²) in [6.07, 6.45) is -2.18. The predicted octanol–water partition coefficient (Wildman–Crippen LogP) is 3.33. The molecule has 1 aromatic heterocycles. The minimum absolute atomic E-state index is 0.0262. The molecule has 0 aliphatic carbocycles. The number of carbonyl (C=O) groups is 1. The second kappa shape index (κ2) is 7.59. The normalized spacial score (nSPS) is 13.9. The molecule has 3 aromatic rings. The van der Waals surface area contributed by atoms with Gasteiger partial charge in [0.15, 0.2) is 16.7 Å². The molecule has 0 saturated carbocycles. The van der Waals surface area contributed by atoms with Gasteiger partial charge in [0.2, 0.25) is 5.91 Å². The molecule has 4 rings (SSSR count). The maximum Gasteiger partial charge on any atom is 0.586 e. The van der Waals surface area contributed by atoms with Gasteiger partial charge in [-0.1, -0.05) is 23.9 Å². The Morgan fingerprint density at radius 2 is 2.03 bits per heavy atom. The van der Waals surface area contributed by atoms with E-state index in [-0.39, 0.29) is 23.2 Å². The Labute approximate surface area is 167 Å². The van der Waals surface area contributed by atoms with Crippen molar-refractivity contribution >= 4 is 23.4 Å². The Kier molecular flexibility index (Phi) is 4.97. The highest BCUT2D eigenvalue weighted by molar-refractivity contribution is 7.99. The van der Waals surface area contributed by atoms with Crippen molar-refractivity contribution in [3.05, 3.63) is 48.8 Å². The number of anilines is 1. The number of halogens is 2. The quantitative estimate of drug-likeness (QED) is 0.612. The third-order valence-corrected chi connectivity index (χ3v) is 4.82. The lowest BCUT2D eigenvalue weighted by Gasteiger charge is -2.10. The maximum atomic E-state index is 13.1. The summed E-state index contributed by atoms with van der Waals surface area (Å²) in [5.74, 6) is 0.0768. The zero-order chi connectivity index (χ0) is 20.4. The van der Waals surface area contributed by atoms with Crippen LogP contribution in [0.1, 0.15) is 0 Å². The van der Waals surface area contributed by atoms with Crippen LogP contribution in [-0.4, -0.2) is 39.8 Å². The Morgan fingerprint density at radius 1 is 1.24 bits per heavy atom. The summed E-state index contributed by atoms with van der Waals surface area (Å²) in [7, 11) is 1.56. The highest BCUT2D eigenvalue weighted by Gasteiger charge is 2.43. The molecule has 0 unspecified atom stereocenters. The number of thioether (sulfide) groups is 1. The van der Waals surface area contributed by atoms with E-state index in [2.05, 4.69) is 25.0 Å². The molecule has 29 heavy (non-hydrogen) atoms. The van der Waals surface area contributed by atoms with Gasteiger partial charge < -0.3 is 19.5 Å². The average molecular weight is 420 g/mol. The van der Waals surface area contributed by atoms with Crippen molar-refractivity contribution in [1.82, 2.24) is 14.8 Å². The van der Waals surface area contributed by atoms with E-state index in [1.165, 1.54) is 36.3 Å². The lowest BCUT2D eigenvalue weighted by Crippen LogP contribution is -2.25. The number of amides is 1. The molecule has 0 atom stereocenters. The Morgan fingerprint density at radius 3 is 2.86 bits per heavy atom. The van der Waals surface area contributed by atoms with Crippen LogP contribution in [0.3, 0.4) is 0 Å². The first kappa shape index (κ1) is 19.0. The highest BCUT2D eigenvalue weighted by atomic mass is 32.2. The molecule has 1 aliphatic rings. The van der Waals surface area contributed by atoms with Gasteiger partial charge in [-0.25, -0.2) is 0 Å². The lowest BCUT2D eigenvalue weighted by atomic mass is 10.3. The Balaban J connectivity index is 1.41. The van der Waals surface area contributed by atoms with Crippen molar-refractivity contribution < 1.29 is 27.8 Å². The minimum atomic E-state index is -3.70. The number of ether oxygens (including phenoxy) is 3. The van der Waals surface area contributed by atoms with Gasteiger partial charge in [-0.15, -0.1) is 19.0 Å². The summed E-state index contributed by atoms with van der Waals surface area (Å²) in [5.41, 5.74) is 1.04. The molecule has 1 N–H and O–H groups in total. The molecular formula is C18H14F2N4O4S. The van der Waals surface area contributed by atoms with E-state index in [1.54, 1.807) is 17.7 Å². The molecule has 1 aliphatic heterocycles. The summed E-state index contributed by atoms with van der Waals surface area (Å²) in [5, 5.41) is 11.0. The molecule has 150 valence electrons. The van der Waals surface area contributed by atoms with Gasteiger partial charge in [0, 0.05) is 11.8 Å². The number of fused-ring (bicyclic) bond motifs is 1. The van der Waals surface area contributed by atoms with E-state index in [0.29, 0.717) is 16.6 Å². The average Bonchev–Trinajstić information content (AvgIpc) is 3.28. The number of nitrogens with zero attached hydrogens (tertiary/aromatic N) is 3. The third-order valence-electron chi connectivity index (χ3n) is 3.88. The number of hydrogen-bond donors (Lipinski definition) is 1. The van der Waals surface area contributed by atoms with Crippen LogP contribution in [0.5, 0.6) is 17.2 Å². The summed E-state index contributed by atoms with van der Waals surface area (Å²) < 4.78 is 41.9. The maximum absolute atomic E-state index is 13.1. The van der Waals surface area contributed by atoms with E-state index in [1.807, 2.05) is 18.2 Å². The largest absolute Gasteiger partial charge is 0.586 e. The summed E-state index contributed by atoms with van der Waals surface area (Å²) in [6.45, 7) is 0. The van der Waals surface area contributed by atoms with Crippen LogP contribution in [0.2, 0.25) is 0 Å². The van der Waals surface area contributed by atoms with E-state index < -0.39 is 6.29 Å². The summed E-state index contributed by atoms with van der Waals surface area (Å²) >= 11 is 1.17. The number of hydrogen-bond acceptors (Lipinski definition) is 7. The first-order valence-electron chi connectivity index (χ1n) is 8.31. The third kappa shape index (κ3) is 4.09. The number of para-hydroxylation sites is 2. The van der Waals surface area contributed by atoms with Crippen LogP contribution >= 0.6 is 11.8 Å². The van der Waals surface area contributed by atoms with E-state index >= 15 is 0 Å². The standard InChI is InChI=1S/C18H14F2N4O4S/c1-26-13-5-3-2-4-12(13)24-10-21-23-17(24)29-9-16(25)22-11-6-7-14-15(8-11)28-18(19,20)27-14/h2-8,10H,9H2,1H3,(H,22,25). The first-order chi connectivity index (χ1) is 13.9. The fraction of sp³-hybridized carbons (Fsp3) is 0.167. The van der Waals surface area contributed by atoms with Gasteiger partial charge in [0.1, 0.15) is 12.1 Å². The van der Waals surface area contributed by atoms with Crippen LogP contribution in [0.15, 0.2) is 53.9 Å². The molecule has 0 radical (unpaired) electrons. The SMILES string of the molecule is COc1ccccc1-n1cnnc1SCC(=O)Nc1ccc2c(c1)OC(F)(F)O2. The number of alkyl halides is 2. The van der Waals surface area contributed by atoms with Crippen molar-refractivity contribution in [2.24, 2.45) is 0 Å². The lowest BCUT2D eigenvalue weighted by molar-refractivity contribution is -0.286. The topological polar surface area (TPSA) is 87.5 Å². The number of aromatic nitrogens is 3. The van der Waals surface area contributed by atoms with Crippen molar-refractivity contribution in [2.45, 2.75) is 11.5 Å². The first-order valence-corrected chi connectivity index (χ1v) is 9.30. The molecule has 8 nitrogen and oxygen atoms in total. The van der Waals surface area contributed by atoms with Crippen molar-refractivity contribution in [1.29, 1.82) is 0 Å². The van der Waals surface area contributed by atoms with Crippen LogP contribution in [0.4, 0.5) is 14.5 Å². The summed E-state index contributed by atoms with van der Waals surface area (Å²) in [4.78, 5) is 12.3. The number of methoxy groups -OCH3 is 1. The van der Waals surface area contributed by atoms with Crippen LogP contribution in [-0.2, 0) is 4.79 Å². The van der Waals surface area contributed by atoms with E-state index in [4.69, 9.17) is 4.74 Å². The van der Waals surface area contributed by atoms with Gasteiger partial charge >= 0.3 is 6.29 Å². The van der Waals surface area contributed by atoms with Gasteiger partial charge in [0.25, 0.3) is 0 Å². The number of nitrogens with one attached hydrogen (secondary N) is 1. The van der Waals surface area contributed by atoms with Crippen molar-refractivity contribution in [3.8, 4) is 22.9 Å². The van der Waals surface area contributed by atoms with Gasteiger partial charge in [-0.05, 0) is 24.3 Å². The number of benzene rings is 2. The monoisotopic (exact) mass is 420 g/mol. The molecule has 2 heterocycles. The van der Waals surface area contributed by atoms with E-state index in [0.717, 1.165) is 5.69 Å². The zero-order valence-corrected chi connectivity index (χ0v) is 15.8. The molecular weight excluding hydrogens is 406 g/mol. The Hall–Kier alpha value is -3.34. The fourth-order valence-corrected chi connectivity index (χ4v) is 3.39. The number of carbonyl (C=O) groups excluding carboxylic acids is 1. The number of rotatable bonds is 6. The molecule has 0 bridgehead atoms. The molecule has 0 fully saturated rings. The molecule has 11 heteroatoms. The fourth-order valence-electron chi connectivity index (χ4n) is 2.67. The van der Waals surface area contributed by atoms with Crippen LogP contribution in [0.25, 0.3) is 5.69 Å². The molecule has 2 aromatic carbocycles. The zero-order valence-electron chi connectivity index (χ0n) is 15.0. The predicted molar refractivity (Wildman–Crippen MR) is 99.9 cm³/mol. The van der Waals surface area contributed by atoms with Gasteiger partial charge in [-0.3, -0.25) is 9.36 Å². The van der Waals surface area contributed by atoms with Crippen molar-refractivity contribution in [2.75, 3.05) is 18.2 Å². The van der Waals surface area contributed by atoms with Gasteiger partial charge in [-0.2, -0.15) is 0 Å². The minimum Gasteiger partial charge on any atom is -0.495 e. The van der Waals surface area contributed by atoms with Crippen LogP contribution < -0.4 is 19.5 Å². The molecule has 1 amide bonds. The molecule has 0 spiro atoms. The second-order valence-electron chi connectivity index (χ2n) is 5.82. The molecule has 0 saturated heterocycles. The van der Waals surface area contributed by atoms with Crippen LogP contribution in [0, 0.1) is 0 Å². The van der Waals surface area contributed by atoms with E-state index in [9.17, 15) is 13.6 Å².